The van der Waals surface area contributed by atoms with Crippen molar-refractivity contribution in [3.63, 3.8) is 0 Å². The smallest absolute Gasteiger partial charge is 0.306 e. The van der Waals surface area contributed by atoms with Crippen LogP contribution in [0.2, 0.25) is 0 Å². The molecule has 54 valence electrons. The minimum absolute atomic E-state index is 0.0978. The van der Waals surface area contributed by atoms with Gasteiger partial charge in [0.1, 0.15) is 0 Å². The van der Waals surface area contributed by atoms with Gasteiger partial charge in [0.15, 0.2) is 0 Å². The topological polar surface area (TPSA) is 26.3 Å². The molecular formula is C6H11IO2. The van der Waals surface area contributed by atoms with Crippen LogP contribution in [-0.2, 0) is 9.53 Å². The van der Waals surface area contributed by atoms with E-state index in [4.69, 9.17) is 4.74 Å². The number of ether oxygens (including phenoxy) is 1. The van der Waals surface area contributed by atoms with E-state index < -0.39 is 0 Å². The van der Waals surface area contributed by atoms with Gasteiger partial charge in [-0.2, -0.15) is 0 Å². The third kappa shape index (κ3) is 6.08. The van der Waals surface area contributed by atoms with Gasteiger partial charge in [0.25, 0.3) is 0 Å². The van der Waals surface area contributed by atoms with E-state index >= 15 is 0 Å². The van der Waals surface area contributed by atoms with Crippen LogP contribution in [-0.4, -0.2) is 16.5 Å². The van der Waals surface area contributed by atoms with Gasteiger partial charge in [-0.1, -0.05) is 29.5 Å². The molecule has 0 saturated carbocycles. The number of esters is 1. The van der Waals surface area contributed by atoms with Crippen LogP contribution in [0.1, 0.15) is 20.3 Å². The Hall–Kier alpha value is 0.200. The molecule has 0 aliphatic rings. The average Bonchev–Trinajstić information content (AvgIpc) is 1.63. The molecule has 0 aliphatic carbocycles. The summed E-state index contributed by atoms with van der Waals surface area (Å²) in [6, 6.07) is 0. The third-order valence-electron chi connectivity index (χ3n) is 0.753. The highest BCUT2D eigenvalue weighted by molar-refractivity contribution is 14.1. The summed E-state index contributed by atoms with van der Waals surface area (Å²) < 4.78 is 5.09. The zero-order valence-corrected chi connectivity index (χ0v) is 7.84. The Bertz CT molecular complexity index is 91.1. The molecule has 0 aliphatic heterocycles. The predicted octanol–water partition coefficient (Wildman–Crippen LogP) is 1.76. The molecule has 0 saturated heterocycles. The number of rotatable bonds is 3. The SMILES string of the molecule is CCOC(=O)CC(C)I. The molecule has 9 heavy (non-hydrogen) atoms. The fraction of sp³-hybridized carbons (Fsp3) is 0.833. The van der Waals surface area contributed by atoms with Gasteiger partial charge in [-0.25, -0.2) is 0 Å². The highest BCUT2D eigenvalue weighted by Gasteiger charge is 2.04. The van der Waals surface area contributed by atoms with E-state index in [9.17, 15) is 4.79 Å². The van der Waals surface area contributed by atoms with E-state index in [1.54, 1.807) is 0 Å². The first-order chi connectivity index (χ1) is 4.16. The molecule has 0 aromatic carbocycles. The van der Waals surface area contributed by atoms with Crippen molar-refractivity contribution in [3.8, 4) is 0 Å². The first-order valence-electron chi connectivity index (χ1n) is 2.96. The summed E-state index contributed by atoms with van der Waals surface area (Å²) >= 11 is 2.20. The van der Waals surface area contributed by atoms with Gasteiger partial charge in [0.05, 0.1) is 13.0 Å². The number of halogens is 1. The second-order valence-electron chi connectivity index (χ2n) is 1.79. The minimum atomic E-state index is -0.0978. The maximum absolute atomic E-state index is 10.6. The molecule has 3 heteroatoms. The van der Waals surface area contributed by atoms with E-state index in [0.717, 1.165) is 0 Å². The van der Waals surface area contributed by atoms with Gasteiger partial charge in [0.2, 0.25) is 0 Å². The number of alkyl halides is 1. The average molecular weight is 242 g/mol. The highest BCUT2D eigenvalue weighted by Crippen LogP contribution is 2.04. The van der Waals surface area contributed by atoms with Gasteiger partial charge in [0, 0.05) is 3.92 Å². The minimum Gasteiger partial charge on any atom is -0.466 e. The standard InChI is InChI=1S/C6H11IO2/c1-3-9-6(8)4-5(2)7/h5H,3-4H2,1-2H3. The van der Waals surface area contributed by atoms with E-state index in [-0.39, 0.29) is 5.97 Å². The summed E-state index contributed by atoms with van der Waals surface area (Å²) in [5.41, 5.74) is 0. The van der Waals surface area contributed by atoms with E-state index in [2.05, 4.69) is 22.6 Å². The molecule has 0 fully saturated rings. The number of hydrogen-bond donors (Lipinski definition) is 0. The molecule has 0 radical (unpaired) electrons. The number of carbonyl (C=O) groups is 1. The lowest BCUT2D eigenvalue weighted by molar-refractivity contribution is -0.142. The van der Waals surface area contributed by atoms with Crippen molar-refractivity contribution >= 4 is 28.6 Å². The molecule has 1 atom stereocenters. The molecule has 0 bridgehead atoms. The summed E-state index contributed by atoms with van der Waals surface area (Å²) in [6.45, 7) is 4.29. The normalized spacial score (nSPS) is 12.8. The molecule has 0 aromatic rings. The van der Waals surface area contributed by atoms with Crippen LogP contribution in [0, 0.1) is 0 Å². The quantitative estimate of drug-likeness (QED) is 0.428. The molecule has 0 spiro atoms. The van der Waals surface area contributed by atoms with E-state index in [1.165, 1.54) is 0 Å². The number of hydrogen-bond acceptors (Lipinski definition) is 2. The Morgan fingerprint density at radius 3 is 2.67 bits per heavy atom. The van der Waals surface area contributed by atoms with E-state index in [0.29, 0.717) is 17.0 Å². The van der Waals surface area contributed by atoms with E-state index in [1.807, 2.05) is 13.8 Å². The molecule has 0 heterocycles. The monoisotopic (exact) mass is 242 g/mol. The van der Waals surface area contributed by atoms with Crippen LogP contribution in [0.15, 0.2) is 0 Å². The molecule has 0 N–H and O–H groups in total. The van der Waals surface area contributed by atoms with Crippen molar-refractivity contribution in [3.05, 3.63) is 0 Å². The summed E-state index contributed by atoms with van der Waals surface area (Å²) in [6.07, 6.45) is 0.522. The largest absolute Gasteiger partial charge is 0.466 e. The molecule has 0 rings (SSSR count). The van der Waals surface area contributed by atoms with Crippen molar-refractivity contribution in [1.29, 1.82) is 0 Å². The maximum Gasteiger partial charge on any atom is 0.306 e. The molecule has 2 nitrogen and oxygen atoms in total. The van der Waals surface area contributed by atoms with Gasteiger partial charge in [-0.3, -0.25) is 4.79 Å². The van der Waals surface area contributed by atoms with Gasteiger partial charge in [-0.05, 0) is 6.92 Å². The van der Waals surface area contributed by atoms with Crippen LogP contribution in [0.25, 0.3) is 0 Å². The zero-order chi connectivity index (χ0) is 7.28. The van der Waals surface area contributed by atoms with Crippen LogP contribution in [0.5, 0.6) is 0 Å². The predicted molar refractivity (Wildman–Crippen MR) is 44.7 cm³/mol. The van der Waals surface area contributed by atoms with Crippen LogP contribution >= 0.6 is 22.6 Å². The maximum atomic E-state index is 10.6. The summed E-state index contributed by atoms with van der Waals surface area (Å²) in [5, 5.41) is 0. The Balaban J connectivity index is 3.27. The second kappa shape index (κ2) is 5.02. The lowest BCUT2D eigenvalue weighted by Crippen LogP contribution is -2.07. The van der Waals surface area contributed by atoms with Gasteiger partial charge in [-0.15, -0.1) is 0 Å². The Labute approximate surface area is 69.1 Å². The molecular weight excluding hydrogens is 231 g/mol. The van der Waals surface area contributed by atoms with Crippen molar-refractivity contribution in [2.75, 3.05) is 6.61 Å². The van der Waals surface area contributed by atoms with Crippen molar-refractivity contribution in [2.24, 2.45) is 0 Å². The molecule has 1 unspecified atom stereocenters. The first kappa shape index (κ1) is 9.20. The highest BCUT2D eigenvalue weighted by atomic mass is 127. The summed E-state index contributed by atoms with van der Waals surface area (Å²) in [5.74, 6) is -0.0978. The van der Waals surface area contributed by atoms with Gasteiger partial charge < -0.3 is 4.74 Å². The van der Waals surface area contributed by atoms with Crippen molar-refractivity contribution in [1.82, 2.24) is 0 Å². The molecule has 0 aromatic heterocycles. The van der Waals surface area contributed by atoms with Crippen LogP contribution in [0.3, 0.4) is 0 Å². The van der Waals surface area contributed by atoms with Gasteiger partial charge >= 0.3 is 5.97 Å². The van der Waals surface area contributed by atoms with Crippen LogP contribution in [0.4, 0.5) is 0 Å². The lowest BCUT2D eigenvalue weighted by Gasteiger charge is -2.01. The Kier molecular flexibility index (Phi) is 5.13. The summed E-state index contributed by atoms with van der Waals surface area (Å²) in [7, 11) is 0. The fourth-order valence-corrected chi connectivity index (χ4v) is 0.809. The van der Waals surface area contributed by atoms with Crippen molar-refractivity contribution < 1.29 is 9.53 Å². The third-order valence-corrected chi connectivity index (χ3v) is 1.19. The Morgan fingerprint density at radius 2 is 2.33 bits per heavy atom. The first-order valence-corrected chi connectivity index (χ1v) is 4.21. The lowest BCUT2D eigenvalue weighted by atomic mass is 10.3. The molecule has 0 amide bonds. The second-order valence-corrected chi connectivity index (χ2v) is 3.92. The summed E-state index contributed by atoms with van der Waals surface area (Å²) in [4.78, 5) is 10.6. The number of carbonyl (C=O) groups excluding carboxylic acids is 1. The fourth-order valence-electron chi connectivity index (χ4n) is 0.450. The van der Waals surface area contributed by atoms with Crippen molar-refractivity contribution in [2.45, 2.75) is 24.2 Å². The zero-order valence-electron chi connectivity index (χ0n) is 5.69. The Morgan fingerprint density at radius 1 is 1.78 bits per heavy atom. The van der Waals surface area contributed by atoms with Crippen LogP contribution < -0.4 is 0 Å².